The number of aromatic nitrogens is 2. The molecule has 1 aliphatic rings. The van der Waals surface area contributed by atoms with E-state index < -0.39 is 0 Å². The van der Waals surface area contributed by atoms with E-state index in [0.29, 0.717) is 12.1 Å². The monoisotopic (exact) mass is 235 g/mol. The zero-order valence-corrected chi connectivity index (χ0v) is 11.3. The number of nitrogens with one attached hydrogen (secondary N) is 1. The van der Waals surface area contributed by atoms with E-state index >= 15 is 0 Å². The number of hydrogen-bond acceptors (Lipinski definition) is 2. The van der Waals surface area contributed by atoms with Crippen molar-refractivity contribution < 1.29 is 0 Å². The summed E-state index contributed by atoms with van der Waals surface area (Å²) < 4.78 is 2.39. The Bertz CT molecular complexity index is 343. The van der Waals surface area contributed by atoms with Crippen LogP contribution in [0.2, 0.25) is 0 Å². The van der Waals surface area contributed by atoms with E-state index in [1.807, 2.05) is 12.5 Å². The smallest absolute Gasteiger partial charge is 0.0951 e. The Hall–Kier alpha value is -0.830. The van der Waals surface area contributed by atoms with Crippen molar-refractivity contribution in [1.82, 2.24) is 14.9 Å². The molecule has 2 unspecified atom stereocenters. The van der Waals surface area contributed by atoms with E-state index in [1.165, 1.54) is 31.4 Å². The van der Waals surface area contributed by atoms with Crippen LogP contribution in [0.3, 0.4) is 0 Å². The molecule has 1 aliphatic carbocycles. The molecule has 0 radical (unpaired) electrons. The van der Waals surface area contributed by atoms with Gasteiger partial charge in [0.15, 0.2) is 0 Å². The maximum atomic E-state index is 4.32. The fourth-order valence-electron chi connectivity index (χ4n) is 2.76. The van der Waals surface area contributed by atoms with Crippen molar-refractivity contribution >= 4 is 0 Å². The summed E-state index contributed by atoms with van der Waals surface area (Å²) in [5, 5.41) is 3.48. The van der Waals surface area contributed by atoms with E-state index in [1.54, 1.807) is 0 Å². The molecule has 1 saturated carbocycles. The molecule has 0 bridgehead atoms. The fraction of sp³-hybridized carbons (Fsp3) is 0.786. The summed E-state index contributed by atoms with van der Waals surface area (Å²) in [6.45, 7) is 7.67. The Labute approximate surface area is 105 Å². The maximum absolute atomic E-state index is 4.32. The number of nitrogens with zero attached hydrogens (tertiary/aromatic N) is 2. The highest BCUT2D eigenvalue weighted by Gasteiger charge is 2.21. The third kappa shape index (κ3) is 3.32. The molecule has 1 heterocycles. The maximum Gasteiger partial charge on any atom is 0.0951 e. The van der Waals surface area contributed by atoms with Crippen molar-refractivity contribution in [2.24, 2.45) is 5.92 Å². The first-order chi connectivity index (χ1) is 8.16. The van der Waals surface area contributed by atoms with Crippen LogP contribution in [0.5, 0.6) is 0 Å². The van der Waals surface area contributed by atoms with Crippen molar-refractivity contribution in [3.63, 3.8) is 0 Å². The zero-order chi connectivity index (χ0) is 12.3. The van der Waals surface area contributed by atoms with Crippen molar-refractivity contribution in [1.29, 1.82) is 0 Å². The number of imidazole rings is 1. The fourth-order valence-corrected chi connectivity index (χ4v) is 2.76. The van der Waals surface area contributed by atoms with E-state index in [-0.39, 0.29) is 0 Å². The standard InChI is InChI=1S/C14H25N3/c1-11(2)16-9-14-8-15-10-17(14)13-6-4-5-12(3)7-13/h8,10-13,16H,4-7,9H2,1-3H3. The van der Waals surface area contributed by atoms with Gasteiger partial charge >= 0.3 is 0 Å². The largest absolute Gasteiger partial charge is 0.330 e. The third-order valence-corrected chi connectivity index (χ3v) is 3.74. The molecule has 1 aromatic rings. The van der Waals surface area contributed by atoms with Crippen molar-refractivity contribution in [3.8, 4) is 0 Å². The normalized spacial score (nSPS) is 25.4. The molecule has 3 nitrogen and oxygen atoms in total. The predicted octanol–water partition coefficient (Wildman–Crippen LogP) is 3.13. The minimum Gasteiger partial charge on any atom is -0.330 e. The molecule has 0 aliphatic heterocycles. The van der Waals surface area contributed by atoms with Gasteiger partial charge in [-0.15, -0.1) is 0 Å². The van der Waals surface area contributed by atoms with Crippen LogP contribution in [-0.4, -0.2) is 15.6 Å². The number of hydrogen-bond donors (Lipinski definition) is 1. The van der Waals surface area contributed by atoms with Gasteiger partial charge in [-0.05, 0) is 18.8 Å². The first-order valence-electron chi connectivity index (χ1n) is 6.91. The molecule has 1 N–H and O–H groups in total. The lowest BCUT2D eigenvalue weighted by atomic mass is 9.87. The van der Waals surface area contributed by atoms with Crippen LogP contribution in [0, 0.1) is 5.92 Å². The molecule has 0 spiro atoms. The van der Waals surface area contributed by atoms with Gasteiger partial charge in [0.1, 0.15) is 0 Å². The molecular formula is C14H25N3. The Balaban J connectivity index is 2.02. The highest BCUT2D eigenvalue weighted by molar-refractivity contribution is 5.01. The summed E-state index contributed by atoms with van der Waals surface area (Å²) in [5.74, 6) is 0.863. The van der Waals surface area contributed by atoms with Crippen LogP contribution < -0.4 is 5.32 Å². The van der Waals surface area contributed by atoms with Gasteiger partial charge in [0.2, 0.25) is 0 Å². The molecule has 96 valence electrons. The highest BCUT2D eigenvalue weighted by atomic mass is 15.1. The van der Waals surface area contributed by atoms with Crippen LogP contribution >= 0.6 is 0 Å². The minimum atomic E-state index is 0.531. The topological polar surface area (TPSA) is 29.9 Å². The molecule has 1 aromatic heterocycles. The lowest BCUT2D eigenvalue weighted by molar-refractivity contribution is 0.277. The van der Waals surface area contributed by atoms with Gasteiger partial charge in [-0.2, -0.15) is 0 Å². The first kappa shape index (κ1) is 12.6. The molecule has 1 fully saturated rings. The molecule has 2 rings (SSSR count). The second-order valence-corrected chi connectivity index (χ2v) is 5.75. The summed E-state index contributed by atoms with van der Waals surface area (Å²) >= 11 is 0. The van der Waals surface area contributed by atoms with Gasteiger partial charge in [-0.3, -0.25) is 0 Å². The molecule has 0 aromatic carbocycles. The average Bonchev–Trinajstić information content (AvgIpc) is 2.74. The highest BCUT2D eigenvalue weighted by Crippen LogP contribution is 2.32. The zero-order valence-electron chi connectivity index (χ0n) is 11.3. The van der Waals surface area contributed by atoms with Gasteiger partial charge in [-0.1, -0.05) is 33.6 Å². The lowest BCUT2D eigenvalue weighted by Crippen LogP contribution is -2.25. The van der Waals surface area contributed by atoms with Gasteiger partial charge in [0, 0.05) is 24.8 Å². The summed E-state index contributed by atoms with van der Waals surface area (Å²) in [6.07, 6.45) is 9.40. The average molecular weight is 235 g/mol. The Morgan fingerprint density at radius 2 is 2.29 bits per heavy atom. The Morgan fingerprint density at radius 1 is 1.47 bits per heavy atom. The van der Waals surface area contributed by atoms with Crippen LogP contribution in [0.25, 0.3) is 0 Å². The van der Waals surface area contributed by atoms with Crippen LogP contribution in [0.4, 0.5) is 0 Å². The third-order valence-electron chi connectivity index (χ3n) is 3.74. The lowest BCUT2D eigenvalue weighted by Gasteiger charge is -2.29. The van der Waals surface area contributed by atoms with Gasteiger partial charge in [0.25, 0.3) is 0 Å². The second kappa shape index (κ2) is 5.67. The Morgan fingerprint density at radius 3 is 3.00 bits per heavy atom. The van der Waals surface area contributed by atoms with E-state index in [0.717, 1.165) is 12.5 Å². The van der Waals surface area contributed by atoms with Crippen LogP contribution in [0.1, 0.15) is 58.2 Å². The summed E-state index contributed by atoms with van der Waals surface area (Å²) in [7, 11) is 0. The molecule has 2 atom stereocenters. The van der Waals surface area contributed by atoms with Crippen LogP contribution in [0.15, 0.2) is 12.5 Å². The summed E-state index contributed by atoms with van der Waals surface area (Å²) in [5.41, 5.74) is 1.33. The molecular weight excluding hydrogens is 210 g/mol. The second-order valence-electron chi connectivity index (χ2n) is 5.75. The van der Waals surface area contributed by atoms with Gasteiger partial charge < -0.3 is 9.88 Å². The first-order valence-corrected chi connectivity index (χ1v) is 6.91. The van der Waals surface area contributed by atoms with E-state index in [9.17, 15) is 0 Å². The van der Waals surface area contributed by atoms with Crippen LogP contribution in [-0.2, 0) is 6.54 Å². The molecule has 17 heavy (non-hydrogen) atoms. The van der Waals surface area contributed by atoms with Crippen molar-refractivity contribution in [2.45, 2.75) is 65.1 Å². The van der Waals surface area contributed by atoms with E-state index in [2.05, 4.69) is 35.6 Å². The Kier molecular flexibility index (Phi) is 4.21. The van der Waals surface area contributed by atoms with Gasteiger partial charge in [-0.25, -0.2) is 4.98 Å². The van der Waals surface area contributed by atoms with E-state index in [4.69, 9.17) is 0 Å². The molecule has 3 heteroatoms. The molecule has 0 saturated heterocycles. The molecule has 0 amide bonds. The number of rotatable bonds is 4. The van der Waals surface area contributed by atoms with Crippen molar-refractivity contribution in [3.05, 3.63) is 18.2 Å². The summed E-state index contributed by atoms with van der Waals surface area (Å²) in [6, 6.07) is 1.20. The van der Waals surface area contributed by atoms with Gasteiger partial charge in [0.05, 0.1) is 12.0 Å². The SMILES string of the molecule is CC1CCCC(n2cncc2CNC(C)C)C1. The summed E-state index contributed by atoms with van der Waals surface area (Å²) in [4.78, 5) is 4.32. The predicted molar refractivity (Wildman–Crippen MR) is 70.9 cm³/mol. The minimum absolute atomic E-state index is 0.531. The van der Waals surface area contributed by atoms with Crippen molar-refractivity contribution in [2.75, 3.05) is 0 Å². The quantitative estimate of drug-likeness (QED) is 0.869.